The summed E-state index contributed by atoms with van der Waals surface area (Å²) < 4.78 is 18.2. The molecule has 1 atom stereocenters. The van der Waals surface area contributed by atoms with Crippen molar-refractivity contribution in [1.29, 1.82) is 0 Å². The van der Waals surface area contributed by atoms with Crippen LogP contribution in [-0.4, -0.2) is 18.1 Å². The minimum absolute atomic E-state index is 0.0400. The van der Waals surface area contributed by atoms with Crippen molar-refractivity contribution >= 4 is 5.78 Å². The van der Waals surface area contributed by atoms with Gasteiger partial charge in [0, 0.05) is 5.56 Å². The van der Waals surface area contributed by atoms with E-state index in [1.807, 2.05) is 13.8 Å². The monoisotopic (exact) mass is 210 g/mol. The van der Waals surface area contributed by atoms with Crippen LogP contribution in [0.2, 0.25) is 0 Å². The van der Waals surface area contributed by atoms with Crippen molar-refractivity contribution < 1.29 is 13.9 Å². The summed E-state index contributed by atoms with van der Waals surface area (Å²) in [6, 6.07) is 6.59. The van der Waals surface area contributed by atoms with E-state index in [0.717, 1.165) is 0 Å². The summed E-state index contributed by atoms with van der Waals surface area (Å²) in [4.78, 5) is 11.4. The van der Waals surface area contributed by atoms with Gasteiger partial charge in [-0.1, -0.05) is 12.1 Å². The number of hydrogen-bond acceptors (Lipinski definition) is 2. The number of carbonyl (C=O) groups is 1. The third kappa shape index (κ3) is 3.35. The number of halogens is 1. The smallest absolute Gasteiger partial charge is 0.196 e. The van der Waals surface area contributed by atoms with Crippen LogP contribution in [0.15, 0.2) is 24.3 Å². The van der Waals surface area contributed by atoms with Crippen molar-refractivity contribution in [2.24, 2.45) is 0 Å². The normalized spacial score (nSPS) is 12.6. The second-order valence-electron chi connectivity index (χ2n) is 3.67. The summed E-state index contributed by atoms with van der Waals surface area (Å²) in [5, 5.41) is 0. The van der Waals surface area contributed by atoms with E-state index in [-0.39, 0.29) is 6.10 Å². The predicted molar refractivity (Wildman–Crippen MR) is 57.1 cm³/mol. The molecular formula is C12H15FO2. The molecule has 1 rings (SSSR count). The Bertz CT molecular complexity index is 345. The number of rotatable bonds is 4. The number of ether oxygens (including phenoxy) is 1. The standard InChI is InChI=1S/C12H15FO2/c1-8(2)15-11-6-4-5-10(7-11)12(14)9(3)13/h4-9H,1-3H3. The van der Waals surface area contributed by atoms with Gasteiger partial charge in [0.2, 0.25) is 0 Å². The summed E-state index contributed by atoms with van der Waals surface area (Å²) in [6.45, 7) is 5.02. The summed E-state index contributed by atoms with van der Waals surface area (Å²) in [5.41, 5.74) is 0.350. The van der Waals surface area contributed by atoms with Gasteiger partial charge in [-0.25, -0.2) is 4.39 Å². The number of Topliss-reactive ketones (excluding diaryl/α,β-unsaturated/α-hetero) is 1. The molecule has 1 aromatic rings. The summed E-state index contributed by atoms with van der Waals surface area (Å²) >= 11 is 0. The van der Waals surface area contributed by atoms with Gasteiger partial charge in [0.25, 0.3) is 0 Å². The van der Waals surface area contributed by atoms with E-state index in [1.165, 1.54) is 6.92 Å². The van der Waals surface area contributed by atoms with Crippen molar-refractivity contribution in [3.05, 3.63) is 29.8 Å². The van der Waals surface area contributed by atoms with Crippen LogP contribution in [0.25, 0.3) is 0 Å². The lowest BCUT2D eigenvalue weighted by Crippen LogP contribution is -2.12. The Morgan fingerprint density at radius 2 is 2.00 bits per heavy atom. The Kier molecular flexibility index (Phi) is 3.83. The Morgan fingerprint density at radius 1 is 1.33 bits per heavy atom. The molecule has 0 N–H and O–H groups in total. The summed E-state index contributed by atoms with van der Waals surface area (Å²) in [5.74, 6) is 0.0840. The first-order valence-corrected chi connectivity index (χ1v) is 4.95. The maximum absolute atomic E-state index is 12.8. The largest absolute Gasteiger partial charge is 0.491 e. The molecule has 1 aromatic carbocycles. The Balaban J connectivity index is 2.87. The highest BCUT2D eigenvalue weighted by Crippen LogP contribution is 2.16. The van der Waals surface area contributed by atoms with Crippen molar-refractivity contribution in [2.45, 2.75) is 33.0 Å². The number of carbonyl (C=O) groups excluding carboxylic acids is 1. The zero-order valence-electron chi connectivity index (χ0n) is 9.16. The van der Waals surface area contributed by atoms with Crippen LogP contribution in [-0.2, 0) is 0 Å². The highest BCUT2D eigenvalue weighted by atomic mass is 19.1. The van der Waals surface area contributed by atoms with Gasteiger partial charge in [0.05, 0.1) is 6.10 Å². The van der Waals surface area contributed by atoms with Crippen LogP contribution in [0.5, 0.6) is 5.75 Å². The fourth-order valence-electron chi connectivity index (χ4n) is 1.22. The van der Waals surface area contributed by atoms with Gasteiger partial charge in [-0.05, 0) is 32.9 Å². The van der Waals surface area contributed by atoms with Crippen LogP contribution in [0, 0.1) is 0 Å². The summed E-state index contributed by atoms with van der Waals surface area (Å²) in [6.07, 6.45) is -1.43. The van der Waals surface area contributed by atoms with Crippen molar-refractivity contribution in [2.75, 3.05) is 0 Å². The predicted octanol–water partition coefficient (Wildman–Crippen LogP) is 3.01. The van der Waals surface area contributed by atoms with Crippen LogP contribution in [0.4, 0.5) is 4.39 Å². The minimum Gasteiger partial charge on any atom is -0.491 e. The van der Waals surface area contributed by atoms with Crippen LogP contribution >= 0.6 is 0 Å². The van der Waals surface area contributed by atoms with E-state index in [2.05, 4.69) is 0 Å². The zero-order valence-corrected chi connectivity index (χ0v) is 9.16. The fraction of sp³-hybridized carbons (Fsp3) is 0.417. The summed E-state index contributed by atoms with van der Waals surface area (Å²) in [7, 11) is 0. The van der Waals surface area contributed by atoms with Gasteiger partial charge in [-0.2, -0.15) is 0 Å². The number of alkyl halides is 1. The second kappa shape index (κ2) is 4.91. The topological polar surface area (TPSA) is 26.3 Å². The van der Waals surface area contributed by atoms with Gasteiger partial charge in [0.1, 0.15) is 5.75 Å². The lowest BCUT2D eigenvalue weighted by Gasteiger charge is -2.10. The highest BCUT2D eigenvalue weighted by molar-refractivity contribution is 5.99. The number of benzene rings is 1. The lowest BCUT2D eigenvalue weighted by molar-refractivity contribution is 0.0892. The van der Waals surface area contributed by atoms with Gasteiger partial charge in [0.15, 0.2) is 12.0 Å². The van der Waals surface area contributed by atoms with Crippen molar-refractivity contribution in [1.82, 2.24) is 0 Å². The van der Waals surface area contributed by atoms with E-state index in [9.17, 15) is 9.18 Å². The Hall–Kier alpha value is -1.38. The van der Waals surface area contributed by atoms with Gasteiger partial charge in [-0.15, -0.1) is 0 Å². The third-order valence-electron chi connectivity index (χ3n) is 1.85. The molecule has 3 heteroatoms. The average Bonchev–Trinajstić information content (AvgIpc) is 2.16. The molecule has 2 nitrogen and oxygen atoms in total. The maximum atomic E-state index is 12.8. The van der Waals surface area contributed by atoms with Gasteiger partial charge in [-0.3, -0.25) is 4.79 Å². The molecule has 15 heavy (non-hydrogen) atoms. The SMILES string of the molecule is CC(C)Oc1cccc(C(=O)C(C)F)c1. The molecule has 0 fully saturated rings. The molecule has 0 saturated heterocycles. The first kappa shape index (κ1) is 11.7. The average molecular weight is 210 g/mol. The van der Waals surface area contributed by atoms with E-state index < -0.39 is 12.0 Å². The first-order valence-electron chi connectivity index (χ1n) is 4.95. The molecule has 0 saturated carbocycles. The lowest BCUT2D eigenvalue weighted by atomic mass is 10.1. The molecule has 0 aliphatic heterocycles. The molecule has 0 aromatic heterocycles. The first-order chi connectivity index (χ1) is 7.00. The Labute approximate surface area is 89.1 Å². The number of hydrogen-bond donors (Lipinski definition) is 0. The van der Waals surface area contributed by atoms with E-state index >= 15 is 0 Å². The highest BCUT2D eigenvalue weighted by Gasteiger charge is 2.14. The number of ketones is 1. The molecule has 0 aliphatic carbocycles. The zero-order chi connectivity index (χ0) is 11.4. The molecule has 0 aliphatic rings. The van der Waals surface area contributed by atoms with Crippen LogP contribution in [0.3, 0.4) is 0 Å². The van der Waals surface area contributed by atoms with Crippen LogP contribution < -0.4 is 4.74 Å². The molecule has 1 unspecified atom stereocenters. The fourth-order valence-corrected chi connectivity index (χ4v) is 1.22. The molecule has 0 bridgehead atoms. The molecule has 82 valence electrons. The molecule has 0 radical (unpaired) electrons. The maximum Gasteiger partial charge on any atom is 0.196 e. The molecular weight excluding hydrogens is 195 g/mol. The third-order valence-corrected chi connectivity index (χ3v) is 1.85. The second-order valence-corrected chi connectivity index (χ2v) is 3.67. The Morgan fingerprint density at radius 3 is 2.53 bits per heavy atom. The van der Waals surface area contributed by atoms with Crippen molar-refractivity contribution in [3.63, 3.8) is 0 Å². The molecule has 0 spiro atoms. The quantitative estimate of drug-likeness (QED) is 0.714. The van der Waals surface area contributed by atoms with E-state index in [4.69, 9.17) is 4.74 Å². The molecule has 0 amide bonds. The van der Waals surface area contributed by atoms with E-state index in [1.54, 1.807) is 24.3 Å². The van der Waals surface area contributed by atoms with Gasteiger partial charge >= 0.3 is 0 Å². The van der Waals surface area contributed by atoms with Crippen LogP contribution in [0.1, 0.15) is 31.1 Å². The van der Waals surface area contributed by atoms with Gasteiger partial charge < -0.3 is 4.74 Å². The van der Waals surface area contributed by atoms with Crippen molar-refractivity contribution in [3.8, 4) is 5.75 Å². The minimum atomic E-state index is -1.47. The van der Waals surface area contributed by atoms with E-state index in [0.29, 0.717) is 11.3 Å². The molecule has 0 heterocycles.